The van der Waals surface area contributed by atoms with Crippen molar-refractivity contribution in [2.75, 3.05) is 13.2 Å². The Morgan fingerprint density at radius 1 is 1.25 bits per heavy atom. The minimum absolute atomic E-state index is 0.551. The molecule has 1 fully saturated rings. The molecule has 1 aromatic carbocycles. The highest BCUT2D eigenvalue weighted by atomic mass is 16.5. The van der Waals surface area contributed by atoms with E-state index in [1.165, 1.54) is 16.7 Å². The van der Waals surface area contributed by atoms with Gasteiger partial charge in [0.2, 0.25) is 0 Å². The van der Waals surface area contributed by atoms with E-state index < -0.39 is 0 Å². The van der Waals surface area contributed by atoms with Gasteiger partial charge in [-0.2, -0.15) is 5.10 Å². The maximum absolute atomic E-state index is 5.78. The van der Waals surface area contributed by atoms with E-state index in [1.54, 1.807) is 6.33 Å². The average Bonchev–Trinajstić information content (AvgIpc) is 3.06. The van der Waals surface area contributed by atoms with Crippen LogP contribution < -0.4 is 5.73 Å². The minimum Gasteiger partial charge on any atom is -0.381 e. The lowest BCUT2D eigenvalue weighted by molar-refractivity contribution is 0.0853. The predicted molar refractivity (Wildman–Crippen MR) is 93.8 cm³/mol. The van der Waals surface area contributed by atoms with Crippen LogP contribution in [0.25, 0.3) is 16.8 Å². The molecule has 0 bridgehead atoms. The molecule has 3 aromatic rings. The first-order valence-corrected chi connectivity index (χ1v) is 8.47. The molecule has 124 valence electrons. The van der Waals surface area contributed by atoms with Crippen LogP contribution in [0.3, 0.4) is 0 Å². The smallest absolute Gasteiger partial charge is 0.137 e. The molecular weight excluding hydrogens is 300 g/mol. The largest absolute Gasteiger partial charge is 0.381 e. The summed E-state index contributed by atoms with van der Waals surface area (Å²) in [5.74, 6) is 0.551. The first-order valence-electron chi connectivity index (χ1n) is 8.47. The molecule has 0 amide bonds. The van der Waals surface area contributed by atoms with Crippen LogP contribution >= 0.6 is 0 Å². The number of ether oxygens (including phenoxy) is 1. The van der Waals surface area contributed by atoms with Gasteiger partial charge in [0.25, 0.3) is 0 Å². The normalized spacial score (nSPS) is 15.9. The molecule has 0 aliphatic carbocycles. The first kappa shape index (κ1) is 15.3. The molecular formula is C19H22N4O. The predicted octanol–water partition coefficient (Wildman–Crippen LogP) is 3.06. The molecule has 24 heavy (non-hydrogen) atoms. The second-order valence-corrected chi connectivity index (χ2v) is 6.44. The van der Waals surface area contributed by atoms with Gasteiger partial charge in [-0.3, -0.25) is 0 Å². The zero-order chi connectivity index (χ0) is 16.5. The second-order valence-electron chi connectivity index (χ2n) is 6.44. The number of hydrogen-bond acceptors (Lipinski definition) is 4. The number of aryl methyl sites for hydroxylation is 1. The molecule has 0 saturated carbocycles. The Hall–Kier alpha value is -2.24. The molecule has 0 unspecified atom stereocenters. The summed E-state index contributed by atoms with van der Waals surface area (Å²) in [6, 6.07) is 8.58. The second kappa shape index (κ2) is 6.34. The maximum Gasteiger partial charge on any atom is 0.137 e. The molecule has 1 aliphatic heterocycles. The van der Waals surface area contributed by atoms with Gasteiger partial charge in [0.05, 0.1) is 11.2 Å². The van der Waals surface area contributed by atoms with Crippen LogP contribution in [0.5, 0.6) is 0 Å². The SMILES string of the molecule is Cc1cc(-c2ncnn3cc(C4CCOCC4)cc23)ccc1CN. The summed E-state index contributed by atoms with van der Waals surface area (Å²) < 4.78 is 7.42. The lowest BCUT2D eigenvalue weighted by Gasteiger charge is -2.20. The standard InChI is InChI=1S/C19H22N4O/c1-13-8-15(2-3-16(13)10-20)19-18-9-17(11-23(18)22-12-21-19)14-4-6-24-7-5-14/h2-3,8-9,11-12,14H,4-7,10,20H2,1H3. The Labute approximate surface area is 141 Å². The van der Waals surface area contributed by atoms with Gasteiger partial charge < -0.3 is 10.5 Å². The molecule has 5 nitrogen and oxygen atoms in total. The van der Waals surface area contributed by atoms with Crippen molar-refractivity contribution in [2.24, 2.45) is 5.73 Å². The van der Waals surface area contributed by atoms with E-state index in [1.807, 2.05) is 4.52 Å². The summed E-state index contributed by atoms with van der Waals surface area (Å²) in [7, 11) is 0. The summed E-state index contributed by atoms with van der Waals surface area (Å²) in [5, 5.41) is 4.39. The van der Waals surface area contributed by atoms with Crippen molar-refractivity contribution in [2.45, 2.75) is 32.2 Å². The van der Waals surface area contributed by atoms with Crippen LogP contribution in [-0.2, 0) is 11.3 Å². The van der Waals surface area contributed by atoms with Gasteiger partial charge in [0.1, 0.15) is 6.33 Å². The van der Waals surface area contributed by atoms with Crippen molar-refractivity contribution in [1.29, 1.82) is 0 Å². The molecule has 0 atom stereocenters. The highest BCUT2D eigenvalue weighted by Crippen LogP contribution is 2.31. The van der Waals surface area contributed by atoms with E-state index in [9.17, 15) is 0 Å². The van der Waals surface area contributed by atoms with Crippen molar-refractivity contribution in [3.8, 4) is 11.3 Å². The summed E-state index contributed by atoms with van der Waals surface area (Å²) in [4.78, 5) is 4.54. The van der Waals surface area contributed by atoms with Crippen molar-refractivity contribution in [3.05, 3.63) is 53.5 Å². The summed E-state index contributed by atoms with van der Waals surface area (Å²) >= 11 is 0. The number of nitrogens with two attached hydrogens (primary N) is 1. The van der Waals surface area contributed by atoms with Crippen LogP contribution in [0.1, 0.15) is 35.4 Å². The monoisotopic (exact) mass is 322 g/mol. The van der Waals surface area contributed by atoms with E-state index in [4.69, 9.17) is 10.5 Å². The van der Waals surface area contributed by atoms with Gasteiger partial charge in [-0.15, -0.1) is 0 Å². The van der Waals surface area contributed by atoms with Crippen LogP contribution in [0, 0.1) is 6.92 Å². The molecule has 4 rings (SSSR count). The number of benzene rings is 1. The summed E-state index contributed by atoms with van der Waals surface area (Å²) in [5.41, 5.74) is 12.6. The van der Waals surface area contributed by atoms with E-state index in [0.717, 1.165) is 42.8 Å². The lowest BCUT2D eigenvalue weighted by Crippen LogP contribution is -2.13. The van der Waals surface area contributed by atoms with Crippen LogP contribution in [0.4, 0.5) is 0 Å². The average molecular weight is 322 g/mol. The van der Waals surface area contributed by atoms with E-state index in [0.29, 0.717) is 12.5 Å². The van der Waals surface area contributed by atoms with Gasteiger partial charge in [0.15, 0.2) is 0 Å². The van der Waals surface area contributed by atoms with Crippen LogP contribution in [-0.4, -0.2) is 27.8 Å². The third-order valence-corrected chi connectivity index (χ3v) is 4.96. The number of hydrogen-bond donors (Lipinski definition) is 1. The Kier molecular flexibility index (Phi) is 4.04. The fraction of sp³-hybridized carbons (Fsp3) is 0.368. The Morgan fingerprint density at radius 3 is 2.83 bits per heavy atom. The van der Waals surface area contributed by atoms with Gasteiger partial charge in [-0.25, -0.2) is 9.50 Å². The minimum atomic E-state index is 0.551. The van der Waals surface area contributed by atoms with Gasteiger partial charge in [0, 0.05) is 31.5 Å². The van der Waals surface area contributed by atoms with Crippen molar-refractivity contribution < 1.29 is 4.74 Å². The van der Waals surface area contributed by atoms with Gasteiger partial charge in [-0.1, -0.05) is 12.1 Å². The van der Waals surface area contributed by atoms with Gasteiger partial charge >= 0.3 is 0 Å². The number of fused-ring (bicyclic) bond motifs is 1. The molecule has 3 heterocycles. The van der Waals surface area contributed by atoms with Crippen LogP contribution in [0.15, 0.2) is 36.8 Å². The Morgan fingerprint density at radius 2 is 2.08 bits per heavy atom. The highest BCUT2D eigenvalue weighted by molar-refractivity contribution is 5.77. The molecule has 1 aliphatic rings. The molecule has 2 aromatic heterocycles. The number of rotatable bonds is 3. The number of nitrogens with zero attached hydrogens (tertiary/aromatic N) is 3. The van der Waals surface area contributed by atoms with Crippen LogP contribution in [0.2, 0.25) is 0 Å². The maximum atomic E-state index is 5.78. The lowest BCUT2D eigenvalue weighted by atomic mass is 9.94. The molecule has 0 spiro atoms. The Bertz CT molecular complexity index is 865. The fourth-order valence-corrected chi connectivity index (χ4v) is 3.50. The zero-order valence-corrected chi connectivity index (χ0v) is 13.9. The fourth-order valence-electron chi connectivity index (χ4n) is 3.50. The van der Waals surface area contributed by atoms with Gasteiger partial charge in [-0.05, 0) is 54.5 Å². The molecule has 0 radical (unpaired) electrons. The highest BCUT2D eigenvalue weighted by Gasteiger charge is 2.19. The first-order chi connectivity index (χ1) is 11.8. The van der Waals surface area contributed by atoms with Crippen molar-refractivity contribution in [1.82, 2.24) is 14.6 Å². The van der Waals surface area contributed by atoms with E-state index in [-0.39, 0.29) is 0 Å². The molecule has 1 saturated heterocycles. The van der Waals surface area contributed by atoms with E-state index in [2.05, 4.69) is 47.5 Å². The third-order valence-electron chi connectivity index (χ3n) is 4.96. The molecule has 2 N–H and O–H groups in total. The zero-order valence-electron chi connectivity index (χ0n) is 13.9. The summed E-state index contributed by atoms with van der Waals surface area (Å²) in [6.07, 6.45) is 5.91. The Balaban J connectivity index is 1.78. The van der Waals surface area contributed by atoms with Crippen molar-refractivity contribution in [3.63, 3.8) is 0 Å². The summed E-state index contributed by atoms with van der Waals surface area (Å²) in [6.45, 7) is 4.34. The quantitative estimate of drug-likeness (QED) is 0.805. The number of aromatic nitrogens is 3. The van der Waals surface area contributed by atoms with E-state index >= 15 is 0 Å². The van der Waals surface area contributed by atoms with Crippen molar-refractivity contribution >= 4 is 5.52 Å². The topological polar surface area (TPSA) is 65.4 Å². The third kappa shape index (κ3) is 2.70. The molecule has 5 heteroatoms.